The van der Waals surface area contributed by atoms with E-state index in [-0.39, 0.29) is 16.9 Å². The Morgan fingerprint density at radius 1 is 1.20 bits per heavy atom. The maximum Gasteiger partial charge on any atom is 0.435 e. The highest BCUT2D eigenvalue weighted by atomic mass is 19.4. The molecule has 1 heterocycles. The van der Waals surface area contributed by atoms with Crippen molar-refractivity contribution in [3.05, 3.63) is 30.0 Å². The van der Waals surface area contributed by atoms with Gasteiger partial charge in [0.25, 0.3) is 0 Å². The molecule has 2 aromatic rings. The Hall–Kier alpha value is -2.71. The molecule has 1 amide bonds. The molecule has 1 aromatic carbocycles. The van der Waals surface area contributed by atoms with Crippen molar-refractivity contribution in [2.24, 2.45) is 5.73 Å². The third kappa shape index (κ3) is 3.86. The maximum absolute atomic E-state index is 13.3. The van der Waals surface area contributed by atoms with Crippen LogP contribution in [0, 0.1) is 0 Å². The average molecular weight is 355 g/mol. The highest BCUT2D eigenvalue weighted by molar-refractivity contribution is 5.80. The fraction of sp³-hybridized carbons (Fsp3) is 0.375. The number of aromatic nitrogens is 2. The lowest BCUT2D eigenvalue weighted by Crippen LogP contribution is -2.21. The van der Waals surface area contributed by atoms with Crippen LogP contribution >= 0.6 is 0 Å². The van der Waals surface area contributed by atoms with Gasteiger partial charge in [-0.05, 0) is 31.5 Å². The number of rotatable bonds is 6. The van der Waals surface area contributed by atoms with Crippen molar-refractivity contribution in [3.8, 4) is 11.1 Å². The first-order valence-corrected chi connectivity index (χ1v) is 7.76. The second kappa shape index (κ2) is 7.04. The summed E-state index contributed by atoms with van der Waals surface area (Å²) in [6.07, 6.45) is -4.70. The smallest absolute Gasteiger partial charge is 0.383 e. The van der Waals surface area contributed by atoms with Gasteiger partial charge in [0.15, 0.2) is 5.69 Å². The summed E-state index contributed by atoms with van der Waals surface area (Å²) in [6.45, 7) is 5.02. The predicted molar refractivity (Wildman–Crippen MR) is 89.8 cm³/mol. The summed E-state index contributed by atoms with van der Waals surface area (Å²) < 4.78 is 40.8. The van der Waals surface area contributed by atoms with E-state index in [1.807, 2.05) is 13.8 Å². The molecule has 25 heavy (non-hydrogen) atoms. The lowest BCUT2D eigenvalue weighted by molar-refractivity contribution is -0.141. The van der Waals surface area contributed by atoms with Crippen LogP contribution in [0.2, 0.25) is 0 Å². The summed E-state index contributed by atoms with van der Waals surface area (Å²) in [5.74, 6) is -1.08. The zero-order chi connectivity index (χ0) is 18.8. The number of hydrogen-bond acceptors (Lipinski definition) is 4. The number of carbonyl (C=O) groups is 1. The number of primary amides is 1. The van der Waals surface area contributed by atoms with E-state index >= 15 is 0 Å². The Morgan fingerprint density at radius 3 is 2.20 bits per heavy atom. The maximum atomic E-state index is 13.3. The number of halogens is 3. The SMILES string of the molecule is CCN(CC)c1ccc(-c2c(C(F)(F)F)nn(CC(N)=O)c2N)cc1. The van der Waals surface area contributed by atoms with Gasteiger partial charge in [-0.2, -0.15) is 18.3 Å². The first-order valence-electron chi connectivity index (χ1n) is 7.76. The third-order valence-electron chi connectivity index (χ3n) is 3.85. The first-order chi connectivity index (χ1) is 11.7. The molecule has 1 aromatic heterocycles. The number of anilines is 2. The molecular formula is C16H20F3N5O. The highest BCUT2D eigenvalue weighted by Gasteiger charge is 2.39. The Bertz CT molecular complexity index is 748. The molecule has 0 aliphatic rings. The van der Waals surface area contributed by atoms with E-state index in [4.69, 9.17) is 11.5 Å². The van der Waals surface area contributed by atoms with Gasteiger partial charge in [0.1, 0.15) is 12.4 Å². The van der Waals surface area contributed by atoms with Crippen LogP contribution in [0.3, 0.4) is 0 Å². The number of nitrogens with two attached hydrogens (primary N) is 2. The Labute approximate surface area is 143 Å². The number of carbonyl (C=O) groups excluding carboxylic acids is 1. The van der Waals surface area contributed by atoms with Crippen LogP contribution in [0.25, 0.3) is 11.1 Å². The molecule has 0 aliphatic heterocycles. The van der Waals surface area contributed by atoms with E-state index in [2.05, 4.69) is 10.00 Å². The van der Waals surface area contributed by atoms with Gasteiger partial charge in [0, 0.05) is 18.8 Å². The van der Waals surface area contributed by atoms with E-state index in [1.165, 1.54) is 0 Å². The highest BCUT2D eigenvalue weighted by Crippen LogP contribution is 2.40. The first kappa shape index (κ1) is 18.6. The van der Waals surface area contributed by atoms with E-state index < -0.39 is 24.3 Å². The van der Waals surface area contributed by atoms with Crippen molar-refractivity contribution in [2.45, 2.75) is 26.6 Å². The Kier molecular flexibility index (Phi) is 5.24. The Morgan fingerprint density at radius 2 is 1.76 bits per heavy atom. The van der Waals surface area contributed by atoms with Crippen molar-refractivity contribution in [3.63, 3.8) is 0 Å². The number of benzene rings is 1. The zero-order valence-corrected chi connectivity index (χ0v) is 14.0. The van der Waals surface area contributed by atoms with Crippen LogP contribution in [0.15, 0.2) is 24.3 Å². The van der Waals surface area contributed by atoms with Gasteiger partial charge >= 0.3 is 6.18 Å². The van der Waals surface area contributed by atoms with E-state index in [1.54, 1.807) is 24.3 Å². The Balaban J connectivity index is 2.53. The van der Waals surface area contributed by atoms with Crippen molar-refractivity contribution in [1.82, 2.24) is 9.78 Å². The molecule has 0 aliphatic carbocycles. The molecule has 0 atom stereocenters. The lowest BCUT2D eigenvalue weighted by atomic mass is 10.0. The molecule has 4 N–H and O–H groups in total. The summed E-state index contributed by atoms with van der Waals surface area (Å²) in [6, 6.07) is 6.58. The van der Waals surface area contributed by atoms with E-state index in [9.17, 15) is 18.0 Å². The predicted octanol–water partition coefficient (Wildman–Crippen LogP) is 2.48. The van der Waals surface area contributed by atoms with Gasteiger partial charge in [0.05, 0.1) is 5.56 Å². The van der Waals surface area contributed by atoms with Gasteiger partial charge in [-0.3, -0.25) is 4.79 Å². The van der Waals surface area contributed by atoms with Crippen molar-refractivity contribution in [2.75, 3.05) is 23.7 Å². The number of hydrogen-bond donors (Lipinski definition) is 2. The second-order valence-corrected chi connectivity index (χ2v) is 5.45. The number of nitrogens with zero attached hydrogens (tertiary/aromatic N) is 3. The van der Waals surface area contributed by atoms with Gasteiger partial charge in [-0.25, -0.2) is 4.68 Å². The van der Waals surface area contributed by atoms with Crippen molar-refractivity contribution < 1.29 is 18.0 Å². The van der Waals surface area contributed by atoms with Crippen molar-refractivity contribution in [1.29, 1.82) is 0 Å². The van der Waals surface area contributed by atoms with Gasteiger partial charge < -0.3 is 16.4 Å². The van der Waals surface area contributed by atoms with Crippen molar-refractivity contribution >= 4 is 17.4 Å². The normalized spacial score (nSPS) is 11.6. The molecule has 0 radical (unpaired) electrons. The minimum Gasteiger partial charge on any atom is -0.383 e. The van der Waals surface area contributed by atoms with Crippen LogP contribution in [-0.4, -0.2) is 28.8 Å². The summed E-state index contributed by atoms with van der Waals surface area (Å²) >= 11 is 0. The monoisotopic (exact) mass is 355 g/mol. The summed E-state index contributed by atoms with van der Waals surface area (Å²) in [5, 5.41) is 3.44. The van der Waals surface area contributed by atoms with Gasteiger partial charge in [-0.1, -0.05) is 12.1 Å². The fourth-order valence-electron chi connectivity index (χ4n) is 2.65. The van der Waals surface area contributed by atoms with Crippen LogP contribution in [0.5, 0.6) is 0 Å². The molecule has 0 spiro atoms. The van der Waals surface area contributed by atoms with Gasteiger partial charge in [-0.15, -0.1) is 0 Å². The summed E-state index contributed by atoms with van der Waals surface area (Å²) in [4.78, 5) is 13.1. The average Bonchev–Trinajstić information content (AvgIpc) is 2.86. The molecule has 0 bridgehead atoms. The summed E-state index contributed by atoms with van der Waals surface area (Å²) in [5.41, 5.74) is 10.6. The second-order valence-electron chi connectivity index (χ2n) is 5.45. The molecular weight excluding hydrogens is 335 g/mol. The molecule has 9 heteroatoms. The molecule has 136 valence electrons. The lowest BCUT2D eigenvalue weighted by Gasteiger charge is -2.21. The quantitative estimate of drug-likeness (QED) is 0.833. The molecule has 0 fully saturated rings. The topological polar surface area (TPSA) is 90.2 Å². The standard InChI is InChI=1S/C16H20F3N5O/c1-3-23(4-2)11-7-5-10(6-8-11)13-14(16(17,18)19)22-24(15(13)21)9-12(20)25/h5-8H,3-4,9,21H2,1-2H3,(H2,20,25). The van der Waals surface area contributed by atoms with Crippen LogP contribution < -0.4 is 16.4 Å². The van der Waals surface area contributed by atoms with Crippen LogP contribution in [-0.2, 0) is 17.5 Å². The molecule has 2 rings (SSSR count). The molecule has 6 nitrogen and oxygen atoms in total. The third-order valence-corrected chi connectivity index (χ3v) is 3.85. The minimum atomic E-state index is -4.70. The molecule has 0 saturated heterocycles. The number of nitrogen functional groups attached to an aromatic ring is 1. The number of alkyl halides is 3. The summed E-state index contributed by atoms with van der Waals surface area (Å²) in [7, 11) is 0. The minimum absolute atomic E-state index is 0.248. The van der Waals surface area contributed by atoms with Crippen LogP contribution in [0.1, 0.15) is 19.5 Å². The molecule has 0 unspecified atom stereocenters. The van der Waals surface area contributed by atoms with E-state index in [0.717, 1.165) is 23.5 Å². The number of amides is 1. The van der Waals surface area contributed by atoms with Crippen LogP contribution in [0.4, 0.5) is 24.7 Å². The zero-order valence-electron chi connectivity index (χ0n) is 14.0. The van der Waals surface area contributed by atoms with E-state index in [0.29, 0.717) is 0 Å². The largest absolute Gasteiger partial charge is 0.435 e. The van der Waals surface area contributed by atoms with Gasteiger partial charge in [0.2, 0.25) is 5.91 Å². The fourth-order valence-corrected chi connectivity index (χ4v) is 2.65. The molecule has 0 saturated carbocycles.